The normalized spacial score (nSPS) is 11.3. The number of benzene rings is 1. The number of phenols is 1. The summed E-state index contributed by atoms with van der Waals surface area (Å²) >= 11 is 0. The van der Waals surface area contributed by atoms with Crippen LogP contribution in [0.5, 0.6) is 5.75 Å². The van der Waals surface area contributed by atoms with E-state index in [1.165, 1.54) is 0 Å². The van der Waals surface area contributed by atoms with Crippen LogP contribution in [-0.2, 0) is 0 Å². The van der Waals surface area contributed by atoms with Crippen LogP contribution in [0.4, 0.5) is 0 Å². The van der Waals surface area contributed by atoms with E-state index in [0.29, 0.717) is 5.56 Å². The average molecular weight is 632 g/mol. The zero-order chi connectivity index (χ0) is 28.5. The maximum atomic E-state index is 11.9. The monoisotopic (exact) mass is 630 g/mol. The molecular formula is C34H24Cl2N8O. The molecule has 0 atom stereocenters. The van der Waals surface area contributed by atoms with Crippen LogP contribution < -0.4 is 0 Å². The molecule has 9 rings (SSSR count). The third-order valence-corrected chi connectivity index (χ3v) is 7.98. The van der Waals surface area contributed by atoms with Crippen molar-refractivity contribution in [3.8, 4) is 50.3 Å². The van der Waals surface area contributed by atoms with Crippen LogP contribution in [0, 0.1) is 0 Å². The molecule has 220 valence electrons. The van der Waals surface area contributed by atoms with Crippen molar-refractivity contribution < 1.29 is 5.11 Å². The first-order valence-corrected chi connectivity index (χ1v) is 13.8. The van der Waals surface area contributed by atoms with Gasteiger partial charge in [0, 0.05) is 83.0 Å². The third-order valence-electron chi connectivity index (χ3n) is 7.98. The molecule has 0 fully saturated rings. The molecule has 9 nitrogen and oxygen atoms in total. The van der Waals surface area contributed by atoms with Gasteiger partial charge in [-0.25, -0.2) is 18.1 Å². The van der Waals surface area contributed by atoms with Gasteiger partial charge < -0.3 is 5.11 Å². The highest BCUT2D eigenvalue weighted by Crippen LogP contribution is 2.50. The minimum atomic E-state index is 0. The Balaban J connectivity index is 0.00000163. The third kappa shape index (κ3) is 4.48. The molecule has 0 radical (unpaired) electrons. The van der Waals surface area contributed by atoms with Gasteiger partial charge in [-0.1, -0.05) is 0 Å². The second-order valence-corrected chi connectivity index (χ2v) is 10.6. The summed E-state index contributed by atoms with van der Waals surface area (Å²) in [4.78, 5) is 0. The van der Waals surface area contributed by atoms with E-state index >= 15 is 0 Å². The van der Waals surface area contributed by atoms with E-state index in [0.717, 1.165) is 61.0 Å². The van der Waals surface area contributed by atoms with Crippen LogP contribution in [0.3, 0.4) is 0 Å². The number of aromatic nitrogens is 8. The summed E-state index contributed by atoms with van der Waals surface area (Å²) in [5.74, 6) is 0.165. The predicted molar refractivity (Wildman–Crippen MR) is 179 cm³/mol. The summed E-state index contributed by atoms with van der Waals surface area (Å²) in [5, 5.41) is 30.0. The van der Waals surface area contributed by atoms with Crippen molar-refractivity contribution in [3.63, 3.8) is 0 Å². The van der Waals surface area contributed by atoms with E-state index in [2.05, 4.69) is 44.7 Å². The van der Waals surface area contributed by atoms with Crippen molar-refractivity contribution in [2.75, 3.05) is 0 Å². The molecule has 0 saturated heterocycles. The number of hydrogen-bond acceptors (Lipinski definition) is 5. The second kappa shape index (κ2) is 10.8. The van der Waals surface area contributed by atoms with Gasteiger partial charge in [-0.15, -0.1) is 24.8 Å². The van der Waals surface area contributed by atoms with Crippen molar-refractivity contribution in [3.05, 3.63) is 128 Å². The Labute approximate surface area is 268 Å². The molecule has 8 aromatic heterocycles. The lowest BCUT2D eigenvalue weighted by molar-refractivity contribution is 0.478. The average Bonchev–Trinajstić information content (AvgIpc) is 3.83. The molecule has 11 heteroatoms. The number of nitrogens with zero attached hydrogens (tertiary/aromatic N) is 8. The maximum Gasteiger partial charge on any atom is 0.124 e. The maximum absolute atomic E-state index is 11.9. The molecule has 45 heavy (non-hydrogen) atoms. The fraction of sp³-hybridized carbons (Fsp3) is 0. The van der Waals surface area contributed by atoms with Crippen LogP contribution in [0.2, 0.25) is 0 Å². The molecule has 0 aliphatic carbocycles. The number of halogens is 2. The summed E-state index contributed by atoms with van der Waals surface area (Å²) in [5.41, 5.74) is 10.9. The minimum Gasteiger partial charge on any atom is -0.507 e. The van der Waals surface area contributed by atoms with Crippen LogP contribution in [0.15, 0.2) is 128 Å². The quantitative estimate of drug-likeness (QED) is 0.217. The highest BCUT2D eigenvalue weighted by atomic mass is 35.5. The highest BCUT2D eigenvalue weighted by Gasteiger charge is 2.26. The highest BCUT2D eigenvalue weighted by molar-refractivity contribution is 6.05. The van der Waals surface area contributed by atoms with Crippen LogP contribution in [0.25, 0.3) is 66.6 Å². The summed E-state index contributed by atoms with van der Waals surface area (Å²) < 4.78 is 7.41. The Morgan fingerprint density at radius 2 is 0.778 bits per heavy atom. The van der Waals surface area contributed by atoms with Crippen molar-refractivity contribution in [1.29, 1.82) is 0 Å². The fourth-order valence-electron chi connectivity index (χ4n) is 6.12. The predicted octanol–water partition coefficient (Wildman–Crippen LogP) is 7.49. The number of aromatic hydroxyl groups is 1. The Kier molecular flexibility index (Phi) is 6.77. The Morgan fingerprint density at radius 1 is 0.422 bits per heavy atom. The van der Waals surface area contributed by atoms with Crippen molar-refractivity contribution in [2.45, 2.75) is 0 Å². The van der Waals surface area contributed by atoms with Gasteiger partial charge in [-0.05, 0) is 90.0 Å². The zero-order valence-corrected chi connectivity index (χ0v) is 25.1. The van der Waals surface area contributed by atoms with Gasteiger partial charge in [0.25, 0.3) is 0 Å². The number of phenolic OH excluding ortho intramolecular Hbond substituents is 1. The molecule has 0 aliphatic heterocycles. The number of rotatable bonds is 4. The largest absolute Gasteiger partial charge is 0.507 e. The Bertz CT molecular complexity index is 2380. The van der Waals surface area contributed by atoms with E-state index < -0.39 is 0 Å². The number of fused-ring (bicyclic) bond motifs is 4. The molecule has 8 heterocycles. The summed E-state index contributed by atoms with van der Waals surface area (Å²) in [6, 6.07) is 26.0. The lowest BCUT2D eigenvalue weighted by Crippen LogP contribution is -1.94. The second-order valence-electron chi connectivity index (χ2n) is 10.6. The minimum absolute atomic E-state index is 0. The molecular weight excluding hydrogens is 607 g/mol. The van der Waals surface area contributed by atoms with Crippen molar-refractivity contribution in [2.24, 2.45) is 0 Å². The first kappa shape index (κ1) is 28.1. The first-order valence-electron chi connectivity index (χ1n) is 13.8. The lowest BCUT2D eigenvalue weighted by Gasteiger charge is -2.19. The molecule has 0 amide bonds. The fourth-order valence-corrected chi connectivity index (χ4v) is 6.12. The SMILES string of the molecule is Cl.Cl.Oc1cc(-c2cc3cccnn3c2)c(-c2cc3cccnn3c2)c(-c2cc3cccnn3c2)c1-c1cc2cccnn2c1. The van der Waals surface area contributed by atoms with Gasteiger partial charge in [0.05, 0.1) is 22.1 Å². The first-order chi connectivity index (χ1) is 21.2. The topological polar surface area (TPSA) is 89.4 Å². The standard InChI is InChI=1S/C34H22N8O.2ClH/c43-31-17-30(22-13-26-5-1-9-35-39(26)18-22)32(23-14-27-6-2-10-36-40(27)19-23)34(25-16-29-8-4-12-38-42(29)21-25)33(31)24-15-28-7-3-11-37-41(28)20-24;;/h1-21,43H;2*1H. The van der Waals surface area contributed by atoms with Gasteiger partial charge in [0.15, 0.2) is 0 Å². The van der Waals surface area contributed by atoms with Crippen LogP contribution in [-0.4, -0.2) is 43.6 Å². The van der Waals surface area contributed by atoms with Gasteiger partial charge in [0.1, 0.15) is 5.75 Å². The van der Waals surface area contributed by atoms with E-state index in [4.69, 9.17) is 0 Å². The van der Waals surface area contributed by atoms with E-state index in [9.17, 15) is 5.11 Å². The van der Waals surface area contributed by atoms with Gasteiger partial charge in [0.2, 0.25) is 0 Å². The number of hydrogen-bond donors (Lipinski definition) is 1. The van der Waals surface area contributed by atoms with Crippen molar-refractivity contribution in [1.82, 2.24) is 38.5 Å². The van der Waals surface area contributed by atoms with Crippen LogP contribution >= 0.6 is 24.8 Å². The van der Waals surface area contributed by atoms with E-state index in [-0.39, 0.29) is 30.6 Å². The summed E-state index contributed by atoms with van der Waals surface area (Å²) in [7, 11) is 0. The molecule has 0 aliphatic rings. The van der Waals surface area contributed by atoms with E-state index in [1.54, 1.807) is 24.8 Å². The molecule has 0 spiro atoms. The summed E-state index contributed by atoms with van der Waals surface area (Å²) in [6.45, 7) is 0. The van der Waals surface area contributed by atoms with E-state index in [1.807, 2.05) is 97.4 Å². The van der Waals surface area contributed by atoms with Crippen LogP contribution in [0.1, 0.15) is 0 Å². The molecule has 9 aromatic rings. The lowest BCUT2D eigenvalue weighted by atomic mass is 9.84. The van der Waals surface area contributed by atoms with Gasteiger partial charge in [-0.2, -0.15) is 20.4 Å². The molecule has 0 bridgehead atoms. The van der Waals surface area contributed by atoms with Crippen molar-refractivity contribution >= 4 is 46.9 Å². The molecule has 1 aromatic carbocycles. The zero-order valence-electron chi connectivity index (χ0n) is 23.5. The Hall–Kier alpha value is -5.64. The smallest absolute Gasteiger partial charge is 0.124 e. The van der Waals surface area contributed by atoms with Gasteiger partial charge >= 0.3 is 0 Å². The molecule has 1 N–H and O–H groups in total. The Morgan fingerprint density at radius 3 is 1.20 bits per heavy atom. The molecule has 0 unspecified atom stereocenters. The summed E-state index contributed by atoms with van der Waals surface area (Å²) in [6.07, 6.45) is 15.1. The molecule has 0 saturated carbocycles. The van der Waals surface area contributed by atoms with Gasteiger partial charge in [-0.3, -0.25) is 0 Å².